The standard InChI is InChI=1S/C19H18FN3/c20-16-8-4-7-15(11-16)19-17-13-23(10-9-18(17)21-22-19)12-14-5-2-1-3-6-14/h1-8,11H,9-10,12-13H2,(H,21,22). The van der Waals surface area contributed by atoms with Crippen molar-refractivity contribution in [2.75, 3.05) is 6.54 Å². The van der Waals surface area contributed by atoms with E-state index in [4.69, 9.17) is 0 Å². The van der Waals surface area contributed by atoms with Crippen molar-refractivity contribution in [2.24, 2.45) is 0 Å². The first-order valence-corrected chi connectivity index (χ1v) is 7.88. The van der Waals surface area contributed by atoms with E-state index >= 15 is 0 Å². The number of hydrogen-bond acceptors (Lipinski definition) is 2. The molecule has 2 heterocycles. The summed E-state index contributed by atoms with van der Waals surface area (Å²) in [6, 6.07) is 17.1. The minimum absolute atomic E-state index is 0.226. The van der Waals surface area contributed by atoms with Gasteiger partial charge in [-0.15, -0.1) is 0 Å². The molecule has 116 valence electrons. The monoisotopic (exact) mass is 307 g/mol. The Balaban J connectivity index is 1.60. The molecule has 1 aliphatic rings. The SMILES string of the molecule is Fc1cccc(-c2n[nH]c3c2CN(Cc2ccccc2)CC3)c1. The highest BCUT2D eigenvalue weighted by atomic mass is 19.1. The number of aromatic nitrogens is 2. The molecule has 1 aliphatic heterocycles. The Morgan fingerprint density at radius 1 is 1.09 bits per heavy atom. The van der Waals surface area contributed by atoms with Crippen molar-refractivity contribution in [3.8, 4) is 11.3 Å². The van der Waals surface area contributed by atoms with Crippen LogP contribution in [0.3, 0.4) is 0 Å². The molecule has 1 aromatic heterocycles. The van der Waals surface area contributed by atoms with Gasteiger partial charge >= 0.3 is 0 Å². The van der Waals surface area contributed by atoms with Crippen molar-refractivity contribution in [3.05, 3.63) is 77.2 Å². The zero-order valence-corrected chi connectivity index (χ0v) is 12.8. The lowest BCUT2D eigenvalue weighted by Crippen LogP contribution is -2.29. The van der Waals surface area contributed by atoms with Crippen LogP contribution in [0.1, 0.15) is 16.8 Å². The molecule has 4 heteroatoms. The quantitative estimate of drug-likeness (QED) is 0.798. The van der Waals surface area contributed by atoms with Gasteiger partial charge in [-0.25, -0.2) is 4.39 Å². The summed E-state index contributed by atoms with van der Waals surface area (Å²) in [5.41, 5.74) is 5.39. The average molecular weight is 307 g/mol. The van der Waals surface area contributed by atoms with Gasteiger partial charge in [0.05, 0.1) is 5.69 Å². The van der Waals surface area contributed by atoms with E-state index in [0.717, 1.165) is 37.3 Å². The molecule has 3 aromatic rings. The third-order valence-electron chi connectivity index (χ3n) is 4.36. The van der Waals surface area contributed by atoms with E-state index in [1.165, 1.54) is 22.9 Å². The van der Waals surface area contributed by atoms with Crippen molar-refractivity contribution in [2.45, 2.75) is 19.5 Å². The van der Waals surface area contributed by atoms with Crippen molar-refractivity contribution in [1.82, 2.24) is 15.1 Å². The largest absolute Gasteiger partial charge is 0.294 e. The Labute approximate surface area is 134 Å². The van der Waals surface area contributed by atoms with Crippen molar-refractivity contribution in [1.29, 1.82) is 0 Å². The molecular weight excluding hydrogens is 289 g/mol. The summed E-state index contributed by atoms with van der Waals surface area (Å²) in [6.07, 6.45) is 0.949. The second-order valence-electron chi connectivity index (χ2n) is 5.99. The summed E-state index contributed by atoms with van der Waals surface area (Å²) in [4.78, 5) is 2.41. The van der Waals surface area contributed by atoms with Crippen molar-refractivity contribution >= 4 is 0 Å². The highest BCUT2D eigenvalue weighted by Gasteiger charge is 2.22. The number of H-pyrrole nitrogens is 1. The maximum Gasteiger partial charge on any atom is 0.123 e. The summed E-state index contributed by atoms with van der Waals surface area (Å²) < 4.78 is 13.5. The van der Waals surface area contributed by atoms with Gasteiger partial charge in [-0.3, -0.25) is 10.00 Å². The van der Waals surface area contributed by atoms with E-state index < -0.39 is 0 Å². The first-order valence-electron chi connectivity index (χ1n) is 7.88. The molecule has 0 radical (unpaired) electrons. The van der Waals surface area contributed by atoms with Gasteiger partial charge in [0.1, 0.15) is 5.82 Å². The number of rotatable bonds is 3. The van der Waals surface area contributed by atoms with Crippen molar-refractivity contribution < 1.29 is 4.39 Å². The summed E-state index contributed by atoms with van der Waals surface area (Å²) in [7, 11) is 0. The van der Waals surface area contributed by atoms with E-state index in [-0.39, 0.29) is 5.82 Å². The summed E-state index contributed by atoms with van der Waals surface area (Å²) in [6.45, 7) is 2.77. The van der Waals surface area contributed by atoms with Crippen LogP contribution in [0.2, 0.25) is 0 Å². The highest BCUT2D eigenvalue weighted by molar-refractivity contribution is 5.64. The molecule has 0 atom stereocenters. The Morgan fingerprint density at radius 2 is 1.96 bits per heavy atom. The zero-order valence-electron chi connectivity index (χ0n) is 12.8. The third kappa shape index (κ3) is 2.90. The number of nitrogens with zero attached hydrogens (tertiary/aromatic N) is 2. The average Bonchev–Trinajstić information content (AvgIpc) is 2.99. The van der Waals surface area contributed by atoms with Gasteiger partial charge in [0.15, 0.2) is 0 Å². The molecule has 3 nitrogen and oxygen atoms in total. The molecule has 0 spiro atoms. The molecule has 0 saturated heterocycles. The van der Waals surface area contributed by atoms with E-state index in [9.17, 15) is 4.39 Å². The van der Waals surface area contributed by atoms with E-state index in [0.29, 0.717) is 0 Å². The fourth-order valence-electron chi connectivity index (χ4n) is 3.20. The normalized spacial score (nSPS) is 14.7. The topological polar surface area (TPSA) is 31.9 Å². The number of aromatic amines is 1. The Bertz CT molecular complexity index is 810. The number of halogens is 1. The van der Waals surface area contributed by atoms with E-state index in [2.05, 4.69) is 39.4 Å². The number of benzene rings is 2. The highest BCUT2D eigenvalue weighted by Crippen LogP contribution is 2.29. The minimum Gasteiger partial charge on any atom is -0.294 e. The fraction of sp³-hybridized carbons (Fsp3) is 0.211. The van der Waals surface area contributed by atoms with Gasteiger partial charge in [0.25, 0.3) is 0 Å². The number of nitrogens with one attached hydrogen (secondary N) is 1. The molecule has 0 saturated carbocycles. The predicted molar refractivity (Wildman–Crippen MR) is 88.2 cm³/mol. The lowest BCUT2D eigenvalue weighted by Gasteiger charge is -2.27. The molecule has 0 aliphatic carbocycles. The minimum atomic E-state index is -0.226. The Hall–Kier alpha value is -2.46. The molecule has 1 N–H and O–H groups in total. The lowest BCUT2D eigenvalue weighted by molar-refractivity contribution is 0.245. The van der Waals surface area contributed by atoms with Crippen LogP contribution in [0.4, 0.5) is 4.39 Å². The smallest absolute Gasteiger partial charge is 0.123 e. The van der Waals surface area contributed by atoms with Gasteiger partial charge in [-0.1, -0.05) is 42.5 Å². The molecule has 0 fully saturated rings. The van der Waals surface area contributed by atoms with Crippen LogP contribution in [0.15, 0.2) is 54.6 Å². The van der Waals surface area contributed by atoms with Gasteiger partial charge in [-0.05, 0) is 17.7 Å². The van der Waals surface area contributed by atoms with Gasteiger partial charge in [0.2, 0.25) is 0 Å². The number of hydrogen-bond donors (Lipinski definition) is 1. The maximum absolute atomic E-state index is 13.5. The summed E-state index contributed by atoms with van der Waals surface area (Å²) >= 11 is 0. The van der Waals surface area contributed by atoms with Crippen LogP contribution in [0.5, 0.6) is 0 Å². The first-order chi connectivity index (χ1) is 11.3. The third-order valence-corrected chi connectivity index (χ3v) is 4.36. The fourth-order valence-corrected chi connectivity index (χ4v) is 3.20. The second kappa shape index (κ2) is 5.97. The first kappa shape index (κ1) is 14.2. The van der Waals surface area contributed by atoms with E-state index in [1.807, 2.05) is 12.1 Å². The van der Waals surface area contributed by atoms with Crippen LogP contribution >= 0.6 is 0 Å². The Kier molecular flexibility index (Phi) is 3.67. The summed E-state index contributed by atoms with van der Waals surface area (Å²) in [5, 5.41) is 7.56. The van der Waals surface area contributed by atoms with E-state index in [1.54, 1.807) is 12.1 Å². The van der Waals surface area contributed by atoms with Gasteiger partial charge in [-0.2, -0.15) is 5.10 Å². The molecule has 4 rings (SSSR count). The molecule has 2 aromatic carbocycles. The predicted octanol–water partition coefficient (Wildman–Crippen LogP) is 3.77. The number of fused-ring (bicyclic) bond motifs is 1. The maximum atomic E-state index is 13.5. The molecule has 0 bridgehead atoms. The van der Waals surface area contributed by atoms with Crippen LogP contribution in [0, 0.1) is 5.82 Å². The second-order valence-corrected chi connectivity index (χ2v) is 5.99. The zero-order chi connectivity index (χ0) is 15.6. The van der Waals surface area contributed by atoms with Crippen LogP contribution in [-0.2, 0) is 19.5 Å². The Morgan fingerprint density at radius 3 is 2.78 bits per heavy atom. The van der Waals surface area contributed by atoms with Gasteiger partial charge in [0, 0.05) is 42.9 Å². The lowest BCUT2D eigenvalue weighted by atomic mass is 10.0. The van der Waals surface area contributed by atoms with Gasteiger partial charge < -0.3 is 0 Å². The van der Waals surface area contributed by atoms with Crippen LogP contribution in [0.25, 0.3) is 11.3 Å². The molecule has 23 heavy (non-hydrogen) atoms. The van der Waals surface area contributed by atoms with Crippen LogP contribution in [-0.4, -0.2) is 21.6 Å². The molecule has 0 unspecified atom stereocenters. The molecular formula is C19H18FN3. The molecule has 0 amide bonds. The summed E-state index contributed by atoms with van der Waals surface area (Å²) in [5.74, 6) is -0.226. The van der Waals surface area contributed by atoms with Crippen molar-refractivity contribution in [3.63, 3.8) is 0 Å². The van der Waals surface area contributed by atoms with Crippen LogP contribution < -0.4 is 0 Å².